The smallest absolute Gasteiger partial charge is 0.325 e. The molecule has 0 spiro atoms. The summed E-state index contributed by atoms with van der Waals surface area (Å²) in [6.07, 6.45) is 0.149. The third kappa shape index (κ3) is 3.87. The van der Waals surface area contributed by atoms with Crippen molar-refractivity contribution in [2.45, 2.75) is 19.5 Å². The Kier molecular flexibility index (Phi) is 4.84. The van der Waals surface area contributed by atoms with Crippen molar-refractivity contribution in [2.75, 3.05) is 5.32 Å². The van der Waals surface area contributed by atoms with Crippen molar-refractivity contribution < 1.29 is 13.2 Å². The van der Waals surface area contributed by atoms with Crippen LogP contribution in [0.1, 0.15) is 18.1 Å². The molecule has 0 radical (unpaired) electrons. The molecule has 8 heteroatoms. The molecule has 3 aromatic heterocycles. The van der Waals surface area contributed by atoms with Gasteiger partial charge in [0.1, 0.15) is 18.0 Å². The van der Waals surface area contributed by atoms with Crippen LogP contribution in [0.4, 0.5) is 24.8 Å². The van der Waals surface area contributed by atoms with Crippen molar-refractivity contribution in [1.82, 2.24) is 19.9 Å². The van der Waals surface area contributed by atoms with E-state index in [4.69, 9.17) is 0 Å². The lowest BCUT2D eigenvalue weighted by Crippen LogP contribution is -2.07. The lowest BCUT2D eigenvalue weighted by molar-refractivity contribution is -0.137. The zero-order valence-electron chi connectivity index (χ0n) is 15.4. The summed E-state index contributed by atoms with van der Waals surface area (Å²) in [4.78, 5) is 16.9. The lowest BCUT2D eigenvalue weighted by Gasteiger charge is -2.14. The maximum Gasteiger partial charge on any atom is 0.417 e. The molecule has 5 nitrogen and oxygen atoms in total. The molecule has 0 amide bonds. The van der Waals surface area contributed by atoms with E-state index in [9.17, 15) is 13.2 Å². The average Bonchev–Trinajstić information content (AvgIpc) is 2.73. The summed E-state index contributed by atoms with van der Waals surface area (Å²) in [7, 11) is 0. The summed E-state index contributed by atoms with van der Waals surface area (Å²) in [5, 5.41) is 4.03. The van der Waals surface area contributed by atoms with Crippen molar-refractivity contribution in [1.29, 1.82) is 0 Å². The Morgan fingerprint density at radius 2 is 1.83 bits per heavy atom. The van der Waals surface area contributed by atoms with Crippen molar-refractivity contribution in [3.05, 3.63) is 72.3 Å². The molecule has 0 bridgehead atoms. The average molecular weight is 395 g/mol. The molecule has 29 heavy (non-hydrogen) atoms. The van der Waals surface area contributed by atoms with Crippen LogP contribution in [0.25, 0.3) is 22.2 Å². The van der Waals surface area contributed by atoms with Crippen LogP contribution in [-0.2, 0) is 12.6 Å². The molecule has 0 saturated heterocycles. The summed E-state index contributed by atoms with van der Waals surface area (Å²) >= 11 is 0. The monoisotopic (exact) mass is 395 g/mol. The minimum Gasteiger partial charge on any atom is -0.325 e. The quantitative estimate of drug-likeness (QED) is 0.500. The van der Waals surface area contributed by atoms with Crippen LogP contribution in [0, 0.1) is 0 Å². The van der Waals surface area contributed by atoms with E-state index in [1.165, 1.54) is 12.4 Å². The van der Waals surface area contributed by atoms with Crippen LogP contribution in [0.15, 0.2) is 61.2 Å². The molecule has 4 aromatic rings. The van der Waals surface area contributed by atoms with E-state index in [1.807, 2.05) is 37.3 Å². The van der Waals surface area contributed by atoms with E-state index in [2.05, 4.69) is 25.3 Å². The van der Waals surface area contributed by atoms with Gasteiger partial charge in [0.05, 0.1) is 16.8 Å². The number of benzene rings is 1. The van der Waals surface area contributed by atoms with Gasteiger partial charge in [-0.15, -0.1) is 0 Å². The van der Waals surface area contributed by atoms with Gasteiger partial charge < -0.3 is 5.32 Å². The Hall–Kier alpha value is -3.55. The summed E-state index contributed by atoms with van der Waals surface area (Å²) in [6.45, 7) is 1.97. The molecule has 1 aromatic carbocycles. The van der Waals surface area contributed by atoms with E-state index < -0.39 is 11.7 Å². The Morgan fingerprint density at radius 1 is 0.966 bits per heavy atom. The van der Waals surface area contributed by atoms with E-state index in [0.29, 0.717) is 12.2 Å². The van der Waals surface area contributed by atoms with E-state index >= 15 is 0 Å². The minimum absolute atomic E-state index is 0.275. The molecular weight excluding hydrogens is 379 g/mol. The van der Waals surface area contributed by atoms with Gasteiger partial charge in [-0.25, -0.2) is 15.0 Å². The maximum atomic E-state index is 12.7. The summed E-state index contributed by atoms with van der Waals surface area (Å²) in [5.74, 6) is 0.781. The number of hydrogen-bond donors (Lipinski definition) is 1. The number of aromatic nitrogens is 4. The van der Waals surface area contributed by atoms with Crippen LogP contribution in [-0.4, -0.2) is 19.9 Å². The topological polar surface area (TPSA) is 63.6 Å². The fraction of sp³-hybridized carbons (Fsp3) is 0.143. The van der Waals surface area contributed by atoms with Crippen molar-refractivity contribution in [3.8, 4) is 11.3 Å². The molecule has 1 N–H and O–H groups in total. The Balaban J connectivity index is 1.70. The molecule has 0 fully saturated rings. The van der Waals surface area contributed by atoms with Crippen LogP contribution in [0.2, 0.25) is 0 Å². The normalized spacial score (nSPS) is 11.6. The summed E-state index contributed by atoms with van der Waals surface area (Å²) in [5.41, 5.74) is 2.52. The first-order valence-corrected chi connectivity index (χ1v) is 8.95. The van der Waals surface area contributed by atoms with Crippen LogP contribution in [0.3, 0.4) is 0 Å². The second-order valence-corrected chi connectivity index (χ2v) is 6.37. The van der Waals surface area contributed by atoms with Gasteiger partial charge >= 0.3 is 6.18 Å². The highest BCUT2D eigenvalue weighted by atomic mass is 19.4. The molecule has 0 aliphatic rings. The molecule has 4 rings (SSSR count). The molecule has 0 unspecified atom stereocenters. The molecule has 3 heterocycles. The zero-order valence-corrected chi connectivity index (χ0v) is 15.4. The van der Waals surface area contributed by atoms with Gasteiger partial charge in [0.2, 0.25) is 0 Å². The molecule has 0 saturated carbocycles. The van der Waals surface area contributed by atoms with Gasteiger partial charge in [-0.1, -0.05) is 25.1 Å². The largest absolute Gasteiger partial charge is 0.417 e. The molecule has 0 atom stereocenters. The molecular formula is C21H16F3N5. The van der Waals surface area contributed by atoms with Gasteiger partial charge in [-0.3, -0.25) is 4.98 Å². The highest BCUT2D eigenvalue weighted by molar-refractivity contribution is 5.84. The summed E-state index contributed by atoms with van der Waals surface area (Å²) < 4.78 is 38.2. The number of pyridine rings is 2. The zero-order chi connectivity index (χ0) is 20.4. The highest BCUT2D eigenvalue weighted by Crippen LogP contribution is 2.31. The number of anilines is 2. The lowest BCUT2D eigenvalue weighted by atomic mass is 10.0. The van der Waals surface area contributed by atoms with Crippen molar-refractivity contribution in [2.24, 2.45) is 0 Å². The van der Waals surface area contributed by atoms with Gasteiger partial charge in [-0.2, -0.15) is 13.2 Å². The van der Waals surface area contributed by atoms with Crippen LogP contribution >= 0.6 is 0 Å². The first-order chi connectivity index (χ1) is 14.0. The third-order valence-electron chi connectivity index (χ3n) is 4.52. The minimum atomic E-state index is -4.42. The van der Waals surface area contributed by atoms with Crippen molar-refractivity contribution in [3.63, 3.8) is 0 Å². The highest BCUT2D eigenvalue weighted by Gasteiger charge is 2.30. The Labute approximate surface area is 164 Å². The summed E-state index contributed by atoms with van der Waals surface area (Å²) in [6, 6.07) is 12.0. The predicted octanol–water partition coefficient (Wildman–Crippen LogP) is 5.41. The molecule has 146 valence electrons. The van der Waals surface area contributed by atoms with Gasteiger partial charge in [0.25, 0.3) is 0 Å². The van der Waals surface area contributed by atoms with Gasteiger partial charge in [-0.05, 0) is 30.7 Å². The Bertz CT molecular complexity index is 1160. The molecule has 0 aliphatic carbocycles. The van der Waals surface area contributed by atoms with Gasteiger partial charge in [0, 0.05) is 28.9 Å². The maximum absolute atomic E-state index is 12.7. The number of nitrogens with one attached hydrogen (secondary N) is 1. The van der Waals surface area contributed by atoms with E-state index in [-0.39, 0.29) is 5.82 Å². The first-order valence-electron chi connectivity index (χ1n) is 8.95. The Morgan fingerprint density at radius 3 is 2.55 bits per heavy atom. The standard InChI is InChI=1S/C21H16F3N5/c1-2-16-19(14-6-5-13-4-3-9-25-17(13)10-14)27-12-28-20(16)29-18-8-7-15(11-26-18)21(22,23)24/h3-12H,2H2,1H3,(H,26,27,28,29). The number of nitrogens with zero attached hydrogens (tertiary/aromatic N) is 4. The fourth-order valence-corrected chi connectivity index (χ4v) is 3.07. The fourth-order valence-electron chi connectivity index (χ4n) is 3.07. The van der Waals surface area contributed by atoms with Crippen LogP contribution < -0.4 is 5.32 Å². The number of fused-ring (bicyclic) bond motifs is 1. The number of alkyl halides is 3. The van der Waals surface area contributed by atoms with E-state index in [0.717, 1.165) is 40.0 Å². The second kappa shape index (κ2) is 7.46. The number of hydrogen-bond acceptors (Lipinski definition) is 5. The predicted molar refractivity (Wildman–Crippen MR) is 105 cm³/mol. The van der Waals surface area contributed by atoms with E-state index in [1.54, 1.807) is 6.20 Å². The second-order valence-electron chi connectivity index (χ2n) is 6.37. The number of halogens is 3. The van der Waals surface area contributed by atoms with Gasteiger partial charge in [0.15, 0.2) is 0 Å². The van der Waals surface area contributed by atoms with Crippen LogP contribution in [0.5, 0.6) is 0 Å². The number of rotatable bonds is 4. The third-order valence-corrected chi connectivity index (χ3v) is 4.52. The first kappa shape index (κ1) is 18.8. The van der Waals surface area contributed by atoms with Crippen molar-refractivity contribution >= 4 is 22.5 Å². The molecule has 0 aliphatic heterocycles. The SMILES string of the molecule is CCc1c(Nc2ccc(C(F)(F)F)cn2)ncnc1-c1ccc2cccnc2c1.